The van der Waals surface area contributed by atoms with E-state index < -0.39 is 16.9 Å². The minimum Gasteiger partial charge on any atom is -0.467 e. The second kappa shape index (κ2) is 6.37. The highest BCUT2D eigenvalue weighted by molar-refractivity contribution is 5.90. The van der Waals surface area contributed by atoms with Crippen LogP contribution in [-0.2, 0) is 14.3 Å². The van der Waals surface area contributed by atoms with Crippen LogP contribution in [0.4, 0.5) is 0 Å². The minimum absolute atomic E-state index is 0.118. The molecule has 1 aliphatic carbocycles. The number of hydrogen-bond acceptors (Lipinski definition) is 4. The van der Waals surface area contributed by atoms with Gasteiger partial charge in [0.1, 0.15) is 5.54 Å². The van der Waals surface area contributed by atoms with Crippen LogP contribution >= 0.6 is 0 Å². The monoisotopic (exact) mass is 270 g/mol. The molecule has 110 valence electrons. The lowest BCUT2D eigenvalue weighted by Crippen LogP contribution is -2.56. The SMILES string of the molecule is COC(=O)C(C)(C)NC(=O)C1(CN)CCCCCC1. The van der Waals surface area contributed by atoms with E-state index in [-0.39, 0.29) is 5.91 Å². The summed E-state index contributed by atoms with van der Waals surface area (Å²) in [5, 5.41) is 2.80. The molecular weight excluding hydrogens is 244 g/mol. The molecular formula is C14H26N2O3. The van der Waals surface area contributed by atoms with Gasteiger partial charge in [-0.25, -0.2) is 4.79 Å². The predicted molar refractivity (Wildman–Crippen MR) is 73.4 cm³/mol. The standard InChI is InChI=1S/C14H26N2O3/c1-13(2,12(18)19-3)16-11(17)14(10-15)8-6-4-5-7-9-14/h4-10,15H2,1-3H3,(H,16,17). The Morgan fingerprint density at radius 1 is 1.21 bits per heavy atom. The summed E-state index contributed by atoms with van der Waals surface area (Å²) in [4.78, 5) is 24.2. The third-order valence-corrected chi connectivity index (χ3v) is 4.05. The van der Waals surface area contributed by atoms with Crippen molar-refractivity contribution in [1.82, 2.24) is 5.32 Å². The van der Waals surface area contributed by atoms with Crippen molar-refractivity contribution in [3.05, 3.63) is 0 Å². The van der Waals surface area contributed by atoms with Crippen LogP contribution in [0, 0.1) is 5.41 Å². The van der Waals surface area contributed by atoms with Gasteiger partial charge in [-0.15, -0.1) is 0 Å². The lowest BCUT2D eigenvalue weighted by Gasteiger charge is -2.34. The van der Waals surface area contributed by atoms with Gasteiger partial charge in [0, 0.05) is 6.54 Å². The number of rotatable bonds is 4. The molecule has 1 rings (SSSR count). The number of nitrogens with two attached hydrogens (primary N) is 1. The molecule has 5 nitrogen and oxygen atoms in total. The molecule has 0 aromatic rings. The summed E-state index contributed by atoms with van der Waals surface area (Å²) >= 11 is 0. The maximum absolute atomic E-state index is 12.5. The van der Waals surface area contributed by atoms with Crippen molar-refractivity contribution in [2.75, 3.05) is 13.7 Å². The number of amides is 1. The van der Waals surface area contributed by atoms with Gasteiger partial charge in [-0.2, -0.15) is 0 Å². The Morgan fingerprint density at radius 3 is 2.16 bits per heavy atom. The lowest BCUT2D eigenvalue weighted by atomic mass is 9.79. The molecule has 0 bridgehead atoms. The Labute approximate surface area is 115 Å². The van der Waals surface area contributed by atoms with Crippen LogP contribution in [-0.4, -0.2) is 31.1 Å². The Kier molecular flexibility index (Phi) is 5.35. The molecule has 0 saturated heterocycles. The summed E-state index contributed by atoms with van der Waals surface area (Å²) in [6.07, 6.45) is 5.93. The maximum Gasteiger partial charge on any atom is 0.330 e. The van der Waals surface area contributed by atoms with Crippen LogP contribution in [0.3, 0.4) is 0 Å². The number of ether oxygens (including phenoxy) is 1. The third-order valence-electron chi connectivity index (χ3n) is 4.05. The largest absolute Gasteiger partial charge is 0.467 e. The Balaban J connectivity index is 2.81. The van der Waals surface area contributed by atoms with E-state index >= 15 is 0 Å². The number of carbonyl (C=O) groups is 2. The molecule has 1 saturated carbocycles. The molecule has 0 atom stereocenters. The van der Waals surface area contributed by atoms with Crippen molar-refractivity contribution in [3.63, 3.8) is 0 Å². The molecule has 0 unspecified atom stereocenters. The zero-order valence-electron chi connectivity index (χ0n) is 12.3. The zero-order valence-corrected chi connectivity index (χ0v) is 12.3. The molecule has 1 aliphatic rings. The van der Waals surface area contributed by atoms with Gasteiger partial charge in [-0.1, -0.05) is 25.7 Å². The highest BCUT2D eigenvalue weighted by Crippen LogP contribution is 2.34. The molecule has 0 radical (unpaired) electrons. The van der Waals surface area contributed by atoms with Crippen LogP contribution in [0.1, 0.15) is 52.4 Å². The molecule has 1 amide bonds. The van der Waals surface area contributed by atoms with Crippen molar-refractivity contribution < 1.29 is 14.3 Å². The molecule has 5 heteroatoms. The van der Waals surface area contributed by atoms with Crippen LogP contribution < -0.4 is 11.1 Å². The normalized spacial score (nSPS) is 19.4. The van der Waals surface area contributed by atoms with E-state index in [9.17, 15) is 9.59 Å². The maximum atomic E-state index is 12.5. The van der Waals surface area contributed by atoms with Crippen LogP contribution in [0.2, 0.25) is 0 Å². The van der Waals surface area contributed by atoms with Crippen LogP contribution in [0.15, 0.2) is 0 Å². The van der Waals surface area contributed by atoms with Crippen molar-refractivity contribution in [3.8, 4) is 0 Å². The van der Waals surface area contributed by atoms with E-state index in [1.807, 2.05) is 0 Å². The van der Waals surface area contributed by atoms with Gasteiger partial charge in [0.2, 0.25) is 5.91 Å². The summed E-state index contributed by atoms with van der Waals surface area (Å²) in [7, 11) is 1.32. The van der Waals surface area contributed by atoms with Gasteiger partial charge in [-0.05, 0) is 26.7 Å². The van der Waals surface area contributed by atoms with Gasteiger partial charge < -0.3 is 15.8 Å². The zero-order chi connectivity index (χ0) is 14.5. The fourth-order valence-electron chi connectivity index (χ4n) is 2.65. The first kappa shape index (κ1) is 16.0. The number of methoxy groups -OCH3 is 1. The molecule has 0 aromatic heterocycles. The first-order chi connectivity index (χ1) is 8.88. The van der Waals surface area contributed by atoms with Crippen molar-refractivity contribution in [1.29, 1.82) is 0 Å². The first-order valence-electron chi connectivity index (χ1n) is 6.99. The molecule has 19 heavy (non-hydrogen) atoms. The molecule has 0 aliphatic heterocycles. The number of esters is 1. The Morgan fingerprint density at radius 2 is 1.74 bits per heavy atom. The predicted octanol–water partition coefficient (Wildman–Crippen LogP) is 1.35. The van der Waals surface area contributed by atoms with Gasteiger partial charge in [0.05, 0.1) is 12.5 Å². The van der Waals surface area contributed by atoms with Crippen molar-refractivity contribution >= 4 is 11.9 Å². The van der Waals surface area contributed by atoms with Crippen molar-refractivity contribution in [2.24, 2.45) is 11.1 Å². The first-order valence-corrected chi connectivity index (χ1v) is 6.99. The van der Waals surface area contributed by atoms with E-state index in [0.717, 1.165) is 38.5 Å². The molecule has 3 N–H and O–H groups in total. The van der Waals surface area contributed by atoms with E-state index in [2.05, 4.69) is 5.32 Å². The van der Waals surface area contributed by atoms with Gasteiger partial charge in [0.15, 0.2) is 0 Å². The topological polar surface area (TPSA) is 81.4 Å². The molecule has 1 fully saturated rings. The fraction of sp³-hybridized carbons (Fsp3) is 0.857. The quantitative estimate of drug-likeness (QED) is 0.597. The summed E-state index contributed by atoms with van der Waals surface area (Å²) in [5.41, 5.74) is 4.32. The van der Waals surface area contributed by atoms with E-state index in [4.69, 9.17) is 10.5 Å². The number of hydrogen-bond donors (Lipinski definition) is 2. The second-order valence-corrected chi connectivity index (χ2v) is 5.97. The highest BCUT2D eigenvalue weighted by Gasteiger charge is 2.41. The highest BCUT2D eigenvalue weighted by atomic mass is 16.5. The van der Waals surface area contributed by atoms with E-state index in [1.165, 1.54) is 7.11 Å². The third kappa shape index (κ3) is 3.69. The minimum atomic E-state index is -1.01. The summed E-state index contributed by atoms with van der Waals surface area (Å²) in [5.74, 6) is -0.561. The molecule has 0 spiro atoms. The van der Waals surface area contributed by atoms with E-state index in [1.54, 1.807) is 13.8 Å². The number of nitrogens with one attached hydrogen (secondary N) is 1. The van der Waals surface area contributed by atoms with Gasteiger partial charge >= 0.3 is 5.97 Å². The smallest absolute Gasteiger partial charge is 0.330 e. The molecule has 0 heterocycles. The van der Waals surface area contributed by atoms with Crippen LogP contribution in [0.25, 0.3) is 0 Å². The van der Waals surface area contributed by atoms with Gasteiger partial charge in [-0.3, -0.25) is 4.79 Å². The van der Waals surface area contributed by atoms with Gasteiger partial charge in [0.25, 0.3) is 0 Å². The summed E-state index contributed by atoms with van der Waals surface area (Å²) < 4.78 is 4.71. The average Bonchev–Trinajstić information content (AvgIpc) is 2.63. The van der Waals surface area contributed by atoms with E-state index in [0.29, 0.717) is 6.54 Å². The Bertz CT molecular complexity index is 332. The van der Waals surface area contributed by atoms with Crippen molar-refractivity contribution in [2.45, 2.75) is 57.9 Å². The number of carbonyl (C=O) groups excluding carboxylic acids is 2. The fourth-order valence-corrected chi connectivity index (χ4v) is 2.65. The molecule has 0 aromatic carbocycles. The summed E-state index contributed by atoms with van der Waals surface area (Å²) in [6, 6.07) is 0. The average molecular weight is 270 g/mol. The Hall–Kier alpha value is -1.10. The van der Waals surface area contributed by atoms with Crippen LogP contribution in [0.5, 0.6) is 0 Å². The summed E-state index contributed by atoms with van der Waals surface area (Å²) in [6.45, 7) is 3.63. The lowest BCUT2D eigenvalue weighted by molar-refractivity contribution is -0.151. The second-order valence-electron chi connectivity index (χ2n) is 5.97.